The molecule has 0 unspecified atom stereocenters. The Kier molecular flexibility index (Phi) is 6.47. The number of aromatic nitrogens is 1. The van der Waals surface area contributed by atoms with Crippen LogP contribution in [0.3, 0.4) is 0 Å². The molecule has 1 aliphatic heterocycles. The highest BCUT2D eigenvalue weighted by Crippen LogP contribution is 2.18. The molecule has 0 bridgehead atoms. The molecule has 1 saturated heterocycles. The second kappa shape index (κ2) is 9.22. The third-order valence-electron chi connectivity index (χ3n) is 4.58. The van der Waals surface area contributed by atoms with Gasteiger partial charge >= 0.3 is 0 Å². The van der Waals surface area contributed by atoms with E-state index in [0.717, 1.165) is 38.0 Å². The van der Waals surface area contributed by atoms with Crippen LogP contribution in [0.5, 0.6) is 0 Å². The summed E-state index contributed by atoms with van der Waals surface area (Å²) in [4.78, 5) is 11.6. The van der Waals surface area contributed by atoms with Gasteiger partial charge < -0.3 is 15.5 Å². The molecule has 0 amide bonds. The van der Waals surface area contributed by atoms with Crippen LogP contribution in [-0.2, 0) is 13.1 Å². The first kappa shape index (κ1) is 18.2. The second-order valence-corrected chi connectivity index (χ2v) is 6.75. The van der Waals surface area contributed by atoms with Crippen molar-refractivity contribution in [1.29, 1.82) is 0 Å². The maximum absolute atomic E-state index is 4.73. The van der Waals surface area contributed by atoms with E-state index in [1.807, 2.05) is 12.3 Å². The molecule has 138 valence electrons. The maximum atomic E-state index is 4.73. The normalized spacial score (nSPS) is 14.5. The predicted octanol–water partition coefficient (Wildman–Crippen LogP) is 3.25. The zero-order chi connectivity index (χ0) is 18.2. The van der Waals surface area contributed by atoms with Crippen molar-refractivity contribution < 1.29 is 0 Å². The van der Waals surface area contributed by atoms with Crippen molar-refractivity contribution in [3.8, 4) is 0 Å². The first-order valence-corrected chi connectivity index (χ1v) is 9.52. The molecule has 3 rings (SSSR count). The number of anilines is 1. The standard InChI is InChI=1S/C21H29N5/c1-3-22-21(24-15-18-8-6-17(2)7-9-18)25-16-19-10-11-23-20(14-19)26-12-4-5-13-26/h6-11,14H,3-5,12-13,15-16H2,1-2H3,(H2,22,24,25). The Hall–Kier alpha value is -2.56. The largest absolute Gasteiger partial charge is 0.357 e. The summed E-state index contributed by atoms with van der Waals surface area (Å²) in [7, 11) is 0. The number of aliphatic imine (C=N–C) groups is 1. The van der Waals surface area contributed by atoms with Crippen LogP contribution in [0.25, 0.3) is 0 Å². The van der Waals surface area contributed by atoms with E-state index in [0.29, 0.717) is 6.54 Å². The van der Waals surface area contributed by atoms with Gasteiger partial charge in [-0.2, -0.15) is 0 Å². The summed E-state index contributed by atoms with van der Waals surface area (Å²) in [5.41, 5.74) is 3.72. The van der Waals surface area contributed by atoms with Crippen LogP contribution in [0.4, 0.5) is 5.82 Å². The summed E-state index contributed by atoms with van der Waals surface area (Å²) in [6, 6.07) is 12.8. The molecule has 5 nitrogen and oxygen atoms in total. The molecule has 1 aromatic heterocycles. The Balaban J connectivity index is 1.61. The monoisotopic (exact) mass is 351 g/mol. The minimum atomic E-state index is 0.645. The summed E-state index contributed by atoms with van der Waals surface area (Å²) in [5.74, 6) is 1.92. The molecule has 1 fully saturated rings. The van der Waals surface area contributed by atoms with Crippen molar-refractivity contribution in [2.24, 2.45) is 4.99 Å². The fraction of sp³-hybridized carbons (Fsp3) is 0.429. The molecule has 2 N–H and O–H groups in total. The van der Waals surface area contributed by atoms with Gasteiger partial charge in [0.25, 0.3) is 0 Å². The number of hydrogen-bond donors (Lipinski definition) is 2. The van der Waals surface area contributed by atoms with Crippen molar-refractivity contribution in [1.82, 2.24) is 15.6 Å². The number of guanidine groups is 1. The first-order chi connectivity index (χ1) is 12.7. The van der Waals surface area contributed by atoms with Crippen LogP contribution in [0, 0.1) is 6.92 Å². The lowest BCUT2D eigenvalue weighted by Gasteiger charge is -2.16. The minimum absolute atomic E-state index is 0.645. The molecule has 26 heavy (non-hydrogen) atoms. The molecule has 0 atom stereocenters. The summed E-state index contributed by atoms with van der Waals surface area (Å²) in [5, 5.41) is 6.73. The second-order valence-electron chi connectivity index (χ2n) is 6.75. The molecule has 0 aliphatic carbocycles. The number of rotatable bonds is 6. The fourth-order valence-electron chi connectivity index (χ4n) is 3.08. The van der Waals surface area contributed by atoms with Crippen LogP contribution in [0.2, 0.25) is 0 Å². The maximum Gasteiger partial charge on any atom is 0.191 e. The molecular formula is C21H29N5. The third kappa shape index (κ3) is 5.22. The van der Waals surface area contributed by atoms with E-state index in [2.05, 4.69) is 64.7 Å². The summed E-state index contributed by atoms with van der Waals surface area (Å²) >= 11 is 0. The molecule has 0 saturated carbocycles. The zero-order valence-corrected chi connectivity index (χ0v) is 15.8. The quantitative estimate of drug-likeness (QED) is 0.620. The van der Waals surface area contributed by atoms with Crippen molar-refractivity contribution in [2.75, 3.05) is 24.5 Å². The van der Waals surface area contributed by atoms with Gasteiger partial charge in [-0.25, -0.2) is 9.98 Å². The molecular weight excluding hydrogens is 322 g/mol. The number of nitrogens with one attached hydrogen (secondary N) is 2. The topological polar surface area (TPSA) is 52.6 Å². The van der Waals surface area contributed by atoms with Gasteiger partial charge in [-0.3, -0.25) is 0 Å². The highest BCUT2D eigenvalue weighted by atomic mass is 15.2. The van der Waals surface area contributed by atoms with Gasteiger partial charge in [0.1, 0.15) is 5.82 Å². The van der Waals surface area contributed by atoms with Crippen LogP contribution >= 0.6 is 0 Å². The molecule has 5 heteroatoms. The summed E-state index contributed by atoms with van der Waals surface area (Å²) in [6.07, 6.45) is 4.42. The Morgan fingerprint density at radius 1 is 1.08 bits per heavy atom. The Morgan fingerprint density at radius 2 is 1.85 bits per heavy atom. The van der Waals surface area contributed by atoms with E-state index in [1.165, 1.54) is 29.5 Å². The smallest absolute Gasteiger partial charge is 0.191 e. The highest BCUT2D eigenvalue weighted by Gasteiger charge is 2.13. The Morgan fingerprint density at radius 3 is 2.58 bits per heavy atom. The van der Waals surface area contributed by atoms with Crippen molar-refractivity contribution in [3.05, 3.63) is 59.3 Å². The SMILES string of the molecule is CCNC(=NCc1ccnc(N2CCCC2)c1)NCc1ccc(C)cc1. The van der Waals surface area contributed by atoms with E-state index in [4.69, 9.17) is 4.99 Å². The average molecular weight is 351 g/mol. The third-order valence-corrected chi connectivity index (χ3v) is 4.58. The van der Waals surface area contributed by atoms with Gasteiger partial charge in [-0.15, -0.1) is 0 Å². The number of benzene rings is 1. The lowest BCUT2D eigenvalue weighted by atomic mass is 10.1. The van der Waals surface area contributed by atoms with Gasteiger partial charge in [0, 0.05) is 32.4 Å². The molecule has 1 aromatic carbocycles. The summed E-state index contributed by atoms with van der Waals surface area (Å²) in [6.45, 7) is 8.67. The van der Waals surface area contributed by atoms with E-state index >= 15 is 0 Å². The van der Waals surface area contributed by atoms with Gasteiger partial charge in [0.05, 0.1) is 6.54 Å². The van der Waals surface area contributed by atoms with Gasteiger partial charge in [-0.1, -0.05) is 29.8 Å². The van der Waals surface area contributed by atoms with Gasteiger partial charge in [0.2, 0.25) is 0 Å². The highest BCUT2D eigenvalue weighted by molar-refractivity contribution is 5.79. The number of aryl methyl sites for hydroxylation is 1. The fourth-order valence-corrected chi connectivity index (χ4v) is 3.08. The first-order valence-electron chi connectivity index (χ1n) is 9.52. The number of pyridine rings is 1. The molecule has 0 radical (unpaired) electrons. The lowest BCUT2D eigenvalue weighted by molar-refractivity contribution is 0.815. The van der Waals surface area contributed by atoms with Crippen LogP contribution in [-0.4, -0.2) is 30.6 Å². The zero-order valence-electron chi connectivity index (χ0n) is 15.8. The van der Waals surface area contributed by atoms with E-state index < -0.39 is 0 Å². The van der Waals surface area contributed by atoms with Gasteiger partial charge in [0.15, 0.2) is 5.96 Å². The molecule has 2 aromatic rings. The van der Waals surface area contributed by atoms with E-state index in [-0.39, 0.29) is 0 Å². The predicted molar refractivity (Wildman–Crippen MR) is 109 cm³/mol. The van der Waals surface area contributed by atoms with Crippen LogP contribution in [0.15, 0.2) is 47.6 Å². The Bertz CT molecular complexity index is 717. The lowest BCUT2D eigenvalue weighted by Crippen LogP contribution is -2.36. The Labute approximate surface area is 156 Å². The molecule has 2 heterocycles. The van der Waals surface area contributed by atoms with Crippen LogP contribution in [0.1, 0.15) is 36.5 Å². The van der Waals surface area contributed by atoms with Gasteiger partial charge in [-0.05, 0) is 49.9 Å². The average Bonchev–Trinajstić information content (AvgIpc) is 3.20. The molecule has 0 spiro atoms. The van der Waals surface area contributed by atoms with E-state index in [1.54, 1.807) is 0 Å². The molecule has 1 aliphatic rings. The summed E-state index contributed by atoms with van der Waals surface area (Å²) < 4.78 is 0. The van der Waals surface area contributed by atoms with E-state index in [9.17, 15) is 0 Å². The minimum Gasteiger partial charge on any atom is -0.357 e. The van der Waals surface area contributed by atoms with Crippen molar-refractivity contribution in [2.45, 2.75) is 39.8 Å². The van der Waals surface area contributed by atoms with Crippen molar-refractivity contribution in [3.63, 3.8) is 0 Å². The number of nitrogens with zero attached hydrogens (tertiary/aromatic N) is 3. The van der Waals surface area contributed by atoms with Crippen molar-refractivity contribution >= 4 is 11.8 Å². The van der Waals surface area contributed by atoms with Crippen LogP contribution < -0.4 is 15.5 Å². The number of hydrogen-bond acceptors (Lipinski definition) is 3.